The van der Waals surface area contributed by atoms with Crippen LogP contribution in [0.3, 0.4) is 0 Å². The lowest BCUT2D eigenvalue weighted by Gasteiger charge is -2.13. The zero-order valence-corrected chi connectivity index (χ0v) is 17.8. The number of benzene rings is 2. The van der Waals surface area contributed by atoms with E-state index in [1.54, 1.807) is 68.4 Å². The van der Waals surface area contributed by atoms with Gasteiger partial charge in [-0.05, 0) is 55.0 Å². The largest absolute Gasteiger partial charge is 0.497 e. The van der Waals surface area contributed by atoms with Crippen molar-refractivity contribution in [1.82, 2.24) is 0 Å². The lowest BCUT2D eigenvalue weighted by atomic mass is 10.1. The topological polar surface area (TPSA) is 105 Å². The van der Waals surface area contributed by atoms with Gasteiger partial charge in [0.2, 0.25) is 11.7 Å². The number of hydrogen-bond donors (Lipinski definition) is 1. The first kappa shape index (κ1) is 23.4. The molecule has 0 aliphatic rings. The second-order valence-electron chi connectivity index (χ2n) is 7.08. The summed E-state index contributed by atoms with van der Waals surface area (Å²) in [5, 5.41) is 12.0. The van der Waals surface area contributed by atoms with E-state index in [9.17, 15) is 19.6 Å². The minimum Gasteiger partial charge on any atom is -0.497 e. The van der Waals surface area contributed by atoms with Crippen molar-refractivity contribution in [3.8, 4) is 11.8 Å². The second kappa shape index (κ2) is 10.7. The van der Waals surface area contributed by atoms with E-state index in [2.05, 4.69) is 5.32 Å². The zero-order chi connectivity index (χ0) is 23.0. The Morgan fingerprint density at radius 1 is 1.00 bits per heavy atom. The fourth-order valence-corrected chi connectivity index (χ4v) is 2.52. The second-order valence-corrected chi connectivity index (χ2v) is 7.08. The molecule has 0 fully saturated rings. The van der Waals surface area contributed by atoms with Gasteiger partial charge < -0.3 is 14.8 Å². The number of anilines is 1. The van der Waals surface area contributed by atoms with Gasteiger partial charge in [0, 0.05) is 17.2 Å². The van der Waals surface area contributed by atoms with Gasteiger partial charge in [-0.1, -0.05) is 26.0 Å². The molecule has 0 bridgehead atoms. The number of nitrogens with zero attached hydrogens (tertiary/aromatic N) is 1. The van der Waals surface area contributed by atoms with Crippen LogP contribution in [-0.4, -0.2) is 30.9 Å². The molecule has 0 radical (unpaired) electrons. The molecule has 31 heavy (non-hydrogen) atoms. The summed E-state index contributed by atoms with van der Waals surface area (Å²) in [5.74, 6) is -0.959. The van der Waals surface area contributed by atoms with Crippen molar-refractivity contribution in [1.29, 1.82) is 5.26 Å². The van der Waals surface area contributed by atoms with E-state index in [1.165, 1.54) is 20.1 Å². The Hall–Kier alpha value is -3.92. The van der Waals surface area contributed by atoms with Crippen LogP contribution in [0.1, 0.15) is 36.7 Å². The molecule has 1 N–H and O–H groups in total. The molecule has 0 aromatic heterocycles. The summed E-state index contributed by atoms with van der Waals surface area (Å²) < 4.78 is 10.3. The van der Waals surface area contributed by atoms with Gasteiger partial charge in [-0.15, -0.1) is 0 Å². The molecule has 0 aliphatic carbocycles. The first-order valence-corrected chi connectivity index (χ1v) is 9.67. The van der Waals surface area contributed by atoms with Crippen LogP contribution in [0, 0.1) is 17.2 Å². The van der Waals surface area contributed by atoms with Crippen molar-refractivity contribution in [2.75, 3.05) is 12.4 Å². The Morgan fingerprint density at radius 2 is 1.61 bits per heavy atom. The van der Waals surface area contributed by atoms with Crippen LogP contribution in [0.25, 0.3) is 6.08 Å². The maximum Gasteiger partial charge on any atom is 0.349 e. The number of carbonyl (C=O) groups is 3. The molecule has 0 saturated heterocycles. The third kappa shape index (κ3) is 6.54. The van der Waals surface area contributed by atoms with Crippen molar-refractivity contribution in [2.45, 2.75) is 26.9 Å². The number of carbonyl (C=O) groups excluding carboxylic acids is 3. The number of hydrogen-bond acceptors (Lipinski definition) is 6. The van der Waals surface area contributed by atoms with Crippen LogP contribution in [0.5, 0.6) is 5.75 Å². The molecule has 160 valence electrons. The van der Waals surface area contributed by atoms with E-state index >= 15 is 0 Å². The number of rotatable bonds is 8. The van der Waals surface area contributed by atoms with Gasteiger partial charge in [0.05, 0.1) is 7.11 Å². The van der Waals surface area contributed by atoms with Crippen LogP contribution in [-0.2, 0) is 14.3 Å². The Morgan fingerprint density at radius 3 is 2.13 bits per heavy atom. The first-order chi connectivity index (χ1) is 14.7. The minimum absolute atomic E-state index is 0.131. The molecular weight excluding hydrogens is 396 g/mol. The molecule has 0 spiro atoms. The molecule has 7 nitrogen and oxygen atoms in total. The third-order valence-electron chi connectivity index (χ3n) is 4.38. The Bertz CT molecular complexity index is 1020. The Labute approximate surface area is 181 Å². The van der Waals surface area contributed by atoms with E-state index in [4.69, 9.17) is 9.47 Å². The number of esters is 1. The number of nitrogens with one attached hydrogen (secondary N) is 1. The minimum atomic E-state index is -1.09. The molecule has 1 amide bonds. The van der Waals surface area contributed by atoms with Gasteiger partial charge in [-0.3, -0.25) is 9.59 Å². The molecule has 0 aliphatic heterocycles. The van der Waals surface area contributed by atoms with E-state index in [0.717, 1.165) is 0 Å². The van der Waals surface area contributed by atoms with Gasteiger partial charge in [0.1, 0.15) is 17.4 Å². The molecule has 0 heterocycles. The molecule has 0 unspecified atom stereocenters. The summed E-state index contributed by atoms with van der Waals surface area (Å²) in [4.78, 5) is 36.7. The smallest absolute Gasteiger partial charge is 0.349 e. The van der Waals surface area contributed by atoms with Crippen LogP contribution in [0.15, 0.2) is 54.1 Å². The fourth-order valence-electron chi connectivity index (χ4n) is 2.52. The third-order valence-corrected chi connectivity index (χ3v) is 4.38. The van der Waals surface area contributed by atoms with Crippen LogP contribution >= 0.6 is 0 Å². The number of methoxy groups -OCH3 is 1. The molecule has 2 rings (SSSR count). The highest BCUT2D eigenvalue weighted by Crippen LogP contribution is 2.16. The summed E-state index contributed by atoms with van der Waals surface area (Å²) in [6, 6.07) is 14.9. The lowest BCUT2D eigenvalue weighted by Crippen LogP contribution is -2.25. The van der Waals surface area contributed by atoms with Crippen molar-refractivity contribution >= 4 is 29.4 Å². The zero-order valence-electron chi connectivity index (χ0n) is 17.8. The number of ether oxygens (including phenoxy) is 2. The monoisotopic (exact) mass is 420 g/mol. The lowest BCUT2D eigenvalue weighted by molar-refractivity contribution is -0.141. The van der Waals surface area contributed by atoms with Crippen molar-refractivity contribution in [3.63, 3.8) is 0 Å². The van der Waals surface area contributed by atoms with Gasteiger partial charge in [-0.2, -0.15) is 5.26 Å². The number of ketones is 1. The number of nitriles is 1. The first-order valence-electron chi connectivity index (χ1n) is 9.67. The molecule has 7 heteroatoms. The molecule has 2 aromatic rings. The van der Waals surface area contributed by atoms with E-state index in [-0.39, 0.29) is 17.4 Å². The van der Waals surface area contributed by atoms with Crippen molar-refractivity contribution in [3.05, 3.63) is 65.2 Å². The van der Waals surface area contributed by atoms with E-state index in [0.29, 0.717) is 22.6 Å². The Kier molecular flexibility index (Phi) is 8.09. The number of Topliss-reactive ketones (excluding diaryl/α,β-unsaturated/α-hetero) is 1. The van der Waals surface area contributed by atoms with Crippen molar-refractivity contribution < 1.29 is 23.9 Å². The SMILES string of the molecule is COc1ccc(/C=C(\C#N)C(=O)O[C@@H](C)C(=O)c2ccc(NC(=O)C(C)C)cc2)cc1. The highest BCUT2D eigenvalue weighted by molar-refractivity contribution is 6.03. The van der Waals surface area contributed by atoms with Gasteiger partial charge in [-0.25, -0.2) is 4.79 Å². The van der Waals surface area contributed by atoms with E-state index < -0.39 is 17.9 Å². The van der Waals surface area contributed by atoms with Crippen LogP contribution in [0.2, 0.25) is 0 Å². The van der Waals surface area contributed by atoms with Gasteiger partial charge in [0.15, 0.2) is 6.10 Å². The van der Waals surface area contributed by atoms with Gasteiger partial charge >= 0.3 is 5.97 Å². The predicted octanol–water partition coefficient (Wildman–Crippen LogP) is 4.01. The summed E-state index contributed by atoms with van der Waals surface area (Å²) in [7, 11) is 1.54. The fraction of sp³-hybridized carbons (Fsp3) is 0.250. The molecular formula is C24H24N2O5. The highest BCUT2D eigenvalue weighted by Gasteiger charge is 2.22. The van der Waals surface area contributed by atoms with Gasteiger partial charge in [0.25, 0.3) is 0 Å². The number of amides is 1. The Balaban J connectivity index is 2.05. The normalized spacial score (nSPS) is 11.9. The van der Waals surface area contributed by atoms with Crippen molar-refractivity contribution in [2.24, 2.45) is 5.92 Å². The summed E-state index contributed by atoms with van der Waals surface area (Å²) >= 11 is 0. The summed E-state index contributed by atoms with van der Waals surface area (Å²) in [5.41, 5.74) is 1.28. The molecule has 0 saturated carbocycles. The highest BCUT2D eigenvalue weighted by atomic mass is 16.5. The quantitative estimate of drug-likeness (QED) is 0.299. The van der Waals surface area contributed by atoms with Crippen LogP contribution in [0.4, 0.5) is 5.69 Å². The predicted molar refractivity (Wildman–Crippen MR) is 116 cm³/mol. The summed E-state index contributed by atoms with van der Waals surface area (Å²) in [6.45, 7) is 5.00. The summed E-state index contributed by atoms with van der Waals surface area (Å²) in [6.07, 6.45) is 0.293. The average molecular weight is 420 g/mol. The average Bonchev–Trinajstić information content (AvgIpc) is 2.77. The maximum absolute atomic E-state index is 12.6. The standard InChI is InChI=1S/C24H24N2O5/c1-15(2)23(28)26-20-9-7-18(8-10-20)22(27)16(3)31-24(29)19(14-25)13-17-5-11-21(30-4)12-6-17/h5-13,15-16H,1-4H3,(H,26,28)/b19-13+/t16-/m0/s1. The maximum atomic E-state index is 12.6. The van der Waals surface area contributed by atoms with Crippen LogP contribution < -0.4 is 10.1 Å². The molecule has 1 atom stereocenters. The molecule has 2 aromatic carbocycles. The van der Waals surface area contributed by atoms with E-state index in [1.807, 2.05) is 0 Å².